The Labute approximate surface area is 201 Å². The van der Waals surface area contributed by atoms with Crippen molar-refractivity contribution < 1.29 is 27.4 Å². The van der Waals surface area contributed by atoms with Gasteiger partial charge in [-0.05, 0) is 53.9 Å². The second-order valence-corrected chi connectivity index (χ2v) is 7.81. The van der Waals surface area contributed by atoms with Crippen LogP contribution >= 0.6 is 0 Å². The Bertz CT molecular complexity index is 1380. The predicted molar refractivity (Wildman–Crippen MR) is 129 cm³/mol. The standard InChI is InChI=1S/C29H21F3O3/c1-3-16-34-26-15-10-21(17-25(26)30)19-8-11-22(12-9-19)35-29(33)24-14-13-23(27(31)28(24)32)20-6-4-18(2)5-7-20/h3-15,17H,1,16H2,2H3. The number of benzene rings is 4. The molecule has 0 saturated heterocycles. The molecule has 0 atom stereocenters. The van der Waals surface area contributed by atoms with Gasteiger partial charge >= 0.3 is 5.97 Å². The molecule has 0 aliphatic carbocycles. The first kappa shape index (κ1) is 23.8. The molecule has 0 aliphatic rings. The van der Waals surface area contributed by atoms with Gasteiger partial charge in [-0.25, -0.2) is 18.0 Å². The van der Waals surface area contributed by atoms with Crippen molar-refractivity contribution in [2.24, 2.45) is 0 Å². The normalized spacial score (nSPS) is 10.6. The van der Waals surface area contributed by atoms with Crippen LogP contribution in [0.15, 0.2) is 91.5 Å². The molecule has 0 radical (unpaired) electrons. The van der Waals surface area contributed by atoms with E-state index in [9.17, 15) is 18.0 Å². The third kappa shape index (κ3) is 5.27. The quantitative estimate of drug-likeness (QED) is 0.158. The van der Waals surface area contributed by atoms with Gasteiger partial charge in [-0.15, -0.1) is 0 Å². The van der Waals surface area contributed by atoms with Crippen molar-refractivity contribution >= 4 is 5.97 Å². The summed E-state index contributed by atoms with van der Waals surface area (Å²) in [4.78, 5) is 12.5. The number of ether oxygens (including phenoxy) is 2. The SMILES string of the molecule is C=CCOc1ccc(-c2ccc(OC(=O)c3ccc(-c4ccc(C)cc4)c(F)c3F)cc2)cc1F. The van der Waals surface area contributed by atoms with Crippen LogP contribution in [0.1, 0.15) is 15.9 Å². The van der Waals surface area contributed by atoms with Gasteiger partial charge in [-0.1, -0.05) is 66.7 Å². The van der Waals surface area contributed by atoms with Crippen LogP contribution in [-0.2, 0) is 0 Å². The van der Waals surface area contributed by atoms with Gasteiger partial charge in [0.15, 0.2) is 23.2 Å². The van der Waals surface area contributed by atoms with Gasteiger partial charge in [0.25, 0.3) is 0 Å². The van der Waals surface area contributed by atoms with E-state index >= 15 is 0 Å². The summed E-state index contributed by atoms with van der Waals surface area (Å²) in [6, 6.07) is 20.2. The van der Waals surface area contributed by atoms with Crippen molar-refractivity contribution in [3.63, 3.8) is 0 Å². The molecule has 0 heterocycles. The summed E-state index contributed by atoms with van der Waals surface area (Å²) in [6.07, 6.45) is 1.52. The summed E-state index contributed by atoms with van der Waals surface area (Å²) in [5, 5.41) is 0. The van der Waals surface area contributed by atoms with Crippen LogP contribution < -0.4 is 9.47 Å². The minimum absolute atomic E-state index is 0.0524. The Morgan fingerprint density at radius 1 is 0.829 bits per heavy atom. The molecule has 4 aromatic carbocycles. The third-order valence-corrected chi connectivity index (χ3v) is 5.35. The lowest BCUT2D eigenvalue weighted by atomic mass is 10.0. The third-order valence-electron chi connectivity index (χ3n) is 5.35. The van der Waals surface area contributed by atoms with Gasteiger partial charge in [0.1, 0.15) is 12.4 Å². The van der Waals surface area contributed by atoms with Crippen LogP contribution in [-0.4, -0.2) is 12.6 Å². The molecule has 0 N–H and O–H groups in total. The first-order chi connectivity index (χ1) is 16.9. The Morgan fingerprint density at radius 3 is 2.14 bits per heavy atom. The van der Waals surface area contributed by atoms with E-state index in [4.69, 9.17) is 9.47 Å². The van der Waals surface area contributed by atoms with E-state index in [0.29, 0.717) is 16.7 Å². The molecule has 3 nitrogen and oxygen atoms in total. The van der Waals surface area contributed by atoms with Crippen molar-refractivity contribution in [1.29, 1.82) is 0 Å². The minimum Gasteiger partial charge on any atom is -0.486 e. The average molecular weight is 474 g/mol. The fraction of sp³-hybridized carbons (Fsp3) is 0.0690. The zero-order valence-corrected chi connectivity index (χ0v) is 18.9. The van der Waals surface area contributed by atoms with E-state index < -0.39 is 29.0 Å². The average Bonchev–Trinajstić information content (AvgIpc) is 2.86. The predicted octanol–water partition coefficient (Wildman–Crippen LogP) is 7.53. The Kier molecular flexibility index (Phi) is 7.01. The topological polar surface area (TPSA) is 35.5 Å². The van der Waals surface area contributed by atoms with E-state index in [0.717, 1.165) is 5.56 Å². The summed E-state index contributed by atoms with van der Waals surface area (Å²) < 4.78 is 54.1. The van der Waals surface area contributed by atoms with Gasteiger partial charge in [-0.2, -0.15) is 0 Å². The summed E-state index contributed by atoms with van der Waals surface area (Å²) in [7, 11) is 0. The number of hydrogen-bond acceptors (Lipinski definition) is 3. The zero-order chi connectivity index (χ0) is 24.9. The lowest BCUT2D eigenvalue weighted by Crippen LogP contribution is -2.12. The maximum atomic E-state index is 14.7. The molecule has 4 aromatic rings. The van der Waals surface area contributed by atoms with Crippen LogP contribution in [0.2, 0.25) is 0 Å². The highest BCUT2D eigenvalue weighted by molar-refractivity contribution is 5.92. The molecule has 35 heavy (non-hydrogen) atoms. The van der Waals surface area contributed by atoms with Crippen molar-refractivity contribution in [3.8, 4) is 33.8 Å². The molecule has 0 fully saturated rings. The number of carbonyl (C=O) groups is 1. The number of rotatable bonds is 7. The van der Waals surface area contributed by atoms with Crippen LogP contribution in [0.4, 0.5) is 13.2 Å². The van der Waals surface area contributed by atoms with Gasteiger partial charge in [0.2, 0.25) is 0 Å². The second-order valence-electron chi connectivity index (χ2n) is 7.81. The van der Waals surface area contributed by atoms with E-state index in [2.05, 4.69) is 6.58 Å². The molecule has 0 amide bonds. The molecule has 4 rings (SSSR count). The molecule has 0 aliphatic heterocycles. The minimum atomic E-state index is -1.28. The largest absolute Gasteiger partial charge is 0.486 e. The number of esters is 1. The number of carbonyl (C=O) groups excluding carboxylic acids is 1. The van der Waals surface area contributed by atoms with Crippen molar-refractivity contribution in [2.75, 3.05) is 6.61 Å². The smallest absolute Gasteiger partial charge is 0.346 e. The molecule has 0 saturated carbocycles. The summed E-state index contributed by atoms with van der Waals surface area (Å²) in [5.74, 6) is -3.71. The first-order valence-electron chi connectivity index (χ1n) is 10.8. The highest BCUT2D eigenvalue weighted by atomic mass is 19.2. The van der Waals surface area contributed by atoms with Gasteiger partial charge < -0.3 is 9.47 Å². The zero-order valence-electron chi connectivity index (χ0n) is 18.9. The first-order valence-corrected chi connectivity index (χ1v) is 10.8. The van der Waals surface area contributed by atoms with Crippen LogP contribution in [0.3, 0.4) is 0 Å². The highest BCUT2D eigenvalue weighted by Gasteiger charge is 2.21. The lowest BCUT2D eigenvalue weighted by Gasteiger charge is -2.10. The van der Waals surface area contributed by atoms with Crippen molar-refractivity contribution in [1.82, 2.24) is 0 Å². The maximum absolute atomic E-state index is 14.7. The van der Waals surface area contributed by atoms with E-state index in [-0.39, 0.29) is 23.7 Å². The monoisotopic (exact) mass is 474 g/mol. The Hall–Kier alpha value is -4.32. The molecule has 0 aromatic heterocycles. The van der Waals surface area contributed by atoms with Gasteiger partial charge in [-0.3, -0.25) is 0 Å². The summed E-state index contributed by atoms with van der Waals surface area (Å²) in [6.45, 7) is 5.60. The fourth-order valence-electron chi connectivity index (χ4n) is 3.49. The molecule has 6 heteroatoms. The molecule has 0 spiro atoms. The molecule has 0 unspecified atom stereocenters. The number of halogens is 3. The van der Waals surface area contributed by atoms with E-state index in [1.807, 2.05) is 6.92 Å². The number of hydrogen-bond donors (Lipinski definition) is 0. The molecular weight excluding hydrogens is 453 g/mol. The maximum Gasteiger partial charge on any atom is 0.346 e. The highest BCUT2D eigenvalue weighted by Crippen LogP contribution is 2.29. The number of aryl methyl sites for hydroxylation is 1. The van der Waals surface area contributed by atoms with E-state index in [1.54, 1.807) is 42.5 Å². The van der Waals surface area contributed by atoms with Gasteiger partial charge in [0.05, 0.1) is 5.56 Å². The van der Waals surface area contributed by atoms with Crippen LogP contribution in [0.5, 0.6) is 11.5 Å². The van der Waals surface area contributed by atoms with E-state index in [1.165, 1.54) is 42.5 Å². The Balaban J connectivity index is 1.50. The Morgan fingerprint density at radius 2 is 1.49 bits per heavy atom. The van der Waals surface area contributed by atoms with Crippen LogP contribution in [0.25, 0.3) is 22.3 Å². The second kappa shape index (κ2) is 10.3. The molecule has 176 valence electrons. The van der Waals surface area contributed by atoms with Crippen molar-refractivity contribution in [3.05, 3.63) is 120 Å². The van der Waals surface area contributed by atoms with Crippen molar-refractivity contribution in [2.45, 2.75) is 6.92 Å². The summed E-state index contributed by atoms with van der Waals surface area (Å²) >= 11 is 0. The summed E-state index contributed by atoms with van der Waals surface area (Å²) in [5.41, 5.74) is 2.28. The molecule has 0 bridgehead atoms. The van der Waals surface area contributed by atoms with Gasteiger partial charge in [0, 0.05) is 5.56 Å². The molecular formula is C29H21F3O3. The van der Waals surface area contributed by atoms with Crippen LogP contribution in [0, 0.1) is 24.4 Å². The fourth-order valence-corrected chi connectivity index (χ4v) is 3.49. The lowest BCUT2D eigenvalue weighted by molar-refractivity contribution is 0.0728.